The van der Waals surface area contributed by atoms with Gasteiger partial charge in [-0.1, -0.05) is 12.1 Å². The molecular weight excluding hydrogens is 362 g/mol. The normalized spacial score (nSPS) is 25.1. The number of nitrogens with zero attached hydrogens (tertiary/aromatic N) is 2. The van der Waals surface area contributed by atoms with Gasteiger partial charge in [-0.3, -0.25) is 9.69 Å². The van der Waals surface area contributed by atoms with Crippen LogP contribution in [0.5, 0.6) is 5.75 Å². The zero-order valence-corrected chi connectivity index (χ0v) is 16.3. The number of piperidine rings is 1. The van der Waals surface area contributed by atoms with Crippen molar-refractivity contribution in [3.8, 4) is 5.75 Å². The van der Waals surface area contributed by atoms with E-state index in [4.69, 9.17) is 9.47 Å². The number of amides is 1. The highest BCUT2D eigenvalue weighted by Gasteiger charge is 2.40. The lowest BCUT2D eigenvalue weighted by molar-refractivity contribution is 0.0676. The lowest BCUT2D eigenvalue weighted by Crippen LogP contribution is -2.45. The first-order valence-corrected chi connectivity index (χ1v) is 10.3. The van der Waals surface area contributed by atoms with Crippen molar-refractivity contribution in [2.45, 2.75) is 19.1 Å². The number of likely N-dealkylation sites (tertiary alicyclic amines) is 1. The molecule has 1 aromatic carbocycles. The molecule has 3 atom stereocenters. The molecule has 6 nitrogen and oxygen atoms in total. The molecule has 2 saturated heterocycles. The lowest BCUT2D eigenvalue weighted by Gasteiger charge is -2.36. The number of carbonyl (C=O) groups excluding carboxylic acids is 1. The van der Waals surface area contributed by atoms with Crippen molar-refractivity contribution in [3.63, 3.8) is 0 Å². The number of aromatic nitrogens is 1. The largest absolute Gasteiger partial charge is 0.497 e. The zero-order valence-electron chi connectivity index (χ0n) is 15.5. The molecule has 0 bridgehead atoms. The first-order valence-electron chi connectivity index (χ1n) is 9.36. The Morgan fingerprint density at radius 1 is 1.48 bits per heavy atom. The van der Waals surface area contributed by atoms with Crippen molar-refractivity contribution in [2.75, 3.05) is 33.4 Å². The Kier molecular flexibility index (Phi) is 5.71. The summed E-state index contributed by atoms with van der Waals surface area (Å²) in [5.41, 5.74) is 3.42. The van der Waals surface area contributed by atoms with Crippen LogP contribution in [0.15, 0.2) is 35.2 Å². The van der Waals surface area contributed by atoms with E-state index in [9.17, 15) is 4.79 Å². The van der Waals surface area contributed by atoms with Crippen LogP contribution in [0.1, 0.15) is 22.5 Å². The van der Waals surface area contributed by atoms with Gasteiger partial charge in [-0.15, -0.1) is 11.3 Å². The van der Waals surface area contributed by atoms with Gasteiger partial charge in [-0.2, -0.15) is 0 Å². The predicted octanol–water partition coefficient (Wildman–Crippen LogP) is 2.42. The molecule has 3 heterocycles. The molecule has 144 valence electrons. The van der Waals surface area contributed by atoms with Crippen LogP contribution in [-0.2, 0) is 11.3 Å². The van der Waals surface area contributed by atoms with E-state index in [2.05, 4.69) is 27.3 Å². The second-order valence-corrected chi connectivity index (χ2v) is 7.97. The van der Waals surface area contributed by atoms with Gasteiger partial charge < -0.3 is 14.8 Å². The maximum Gasteiger partial charge on any atom is 0.270 e. The van der Waals surface area contributed by atoms with E-state index in [1.54, 1.807) is 18.0 Å². The fourth-order valence-electron chi connectivity index (χ4n) is 4.09. The van der Waals surface area contributed by atoms with Crippen LogP contribution in [0.4, 0.5) is 0 Å². The summed E-state index contributed by atoms with van der Waals surface area (Å²) < 4.78 is 11.4. The molecule has 0 radical (unpaired) electrons. The third kappa shape index (κ3) is 4.31. The van der Waals surface area contributed by atoms with Gasteiger partial charge in [0.05, 0.1) is 25.3 Å². The Bertz CT molecular complexity index is 768. The summed E-state index contributed by atoms with van der Waals surface area (Å²) in [7, 11) is 1.70. The van der Waals surface area contributed by atoms with E-state index in [0.717, 1.165) is 38.4 Å². The molecule has 0 unspecified atom stereocenters. The minimum atomic E-state index is -0.118. The summed E-state index contributed by atoms with van der Waals surface area (Å²) in [6.07, 6.45) is 1.22. The molecule has 1 amide bonds. The number of methoxy groups -OCH3 is 1. The molecule has 2 fully saturated rings. The molecule has 7 heteroatoms. The quantitative estimate of drug-likeness (QED) is 0.825. The Hall–Kier alpha value is -1.96. The number of benzene rings is 1. The van der Waals surface area contributed by atoms with Crippen molar-refractivity contribution in [2.24, 2.45) is 11.8 Å². The number of hydrogen-bond acceptors (Lipinski definition) is 6. The number of hydrogen-bond donors (Lipinski definition) is 1. The van der Waals surface area contributed by atoms with Crippen molar-refractivity contribution >= 4 is 17.2 Å². The van der Waals surface area contributed by atoms with Gasteiger partial charge in [0, 0.05) is 30.9 Å². The molecule has 1 N–H and O–H groups in total. The number of thiazole rings is 1. The zero-order chi connectivity index (χ0) is 18.6. The van der Waals surface area contributed by atoms with Gasteiger partial charge >= 0.3 is 0 Å². The second-order valence-electron chi connectivity index (χ2n) is 7.25. The highest BCUT2D eigenvalue weighted by molar-refractivity contribution is 7.07. The van der Waals surface area contributed by atoms with Gasteiger partial charge in [0.1, 0.15) is 11.4 Å². The summed E-state index contributed by atoms with van der Waals surface area (Å²) in [6.45, 7) is 4.34. The molecule has 2 aliphatic rings. The fraction of sp³-hybridized carbons (Fsp3) is 0.500. The Morgan fingerprint density at radius 2 is 2.41 bits per heavy atom. The van der Waals surface area contributed by atoms with Crippen LogP contribution in [-0.4, -0.2) is 55.2 Å². The average Bonchev–Trinajstić information content (AvgIpc) is 3.36. The van der Waals surface area contributed by atoms with Crippen LogP contribution in [0.3, 0.4) is 0 Å². The third-order valence-corrected chi connectivity index (χ3v) is 6.15. The molecule has 4 rings (SSSR count). The lowest BCUT2D eigenvalue weighted by atomic mass is 9.84. The first kappa shape index (κ1) is 18.4. The standard InChI is InChI=1S/C20H25N3O3S/c1-25-16-4-2-3-14(7-16)9-23-6-5-15-11-26-19(17(15)10-23)8-21-20(24)18-12-27-13-22-18/h2-4,7,12-13,15,17,19H,5-6,8-11H2,1H3,(H,21,24)/t15-,17-,19+/m0/s1. The molecule has 0 aliphatic carbocycles. The summed E-state index contributed by atoms with van der Waals surface area (Å²) in [5, 5.41) is 4.75. The van der Waals surface area contributed by atoms with Gasteiger partial charge in [0.25, 0.3) is 5.91 Å². The van der Waals surface area contributed by atoms with Crippen molar-refractivity contribution in [1.29, 1.82) is 0 Å². The Balaban J connectivity index is 1.33. The Morgan fingerprint density at radius 3 is 3.22 bits per heavy atom. The van der Waals surface area contributed by atoms with Gasteiger partial charge in [-0.05, 0) is 36.6 Å². The van der Waals surface area contributed by atoms with Crippen molar-refractivity contribution < 1.29 is 14.3 Å². The minimum absolute atomic E-state index is 0.0747. The smallest absolute Gasteiger partial charge is 0.270 e. The maximum atomic E-state index is 12.1. The topological polar surface area (TPSA) is 63.7 Å². The summed E-state index contributed by atoms with van der Waals surface area (Å²) in [6, 6.07) is 8.26. The average molecular weight is 388 g/mol. The first-order chi connectivity index (χ1) is 13.2. The monoisotopic (exact) mass is 387 g/mol. The summed E-state index contributed by atoms with van der Waals surface area (Å²) >= 11 is 1.43. The van der Waals surface area contributed by atoms with Gasteiger partial charge in [-0.25, -0.2) is 4.98 Å². The van der Waals surface area contributed by atoms with Crippen LogP contribution >= 0.6 is 11.3 Å². The number of carbonyl (C=O) groups is 1. The molecule has 27 heavy (non-hydrogen) atoms. The SMILES string of the molecule is COc1cccc(CN2CC[C@H]3CO[C@H](CNC(=O)c4cscn4)[C@H]3C2)c1. The summed E-state index contributed by atoms with van der Waals surface area (Å²) in [5.74, 6) is 1.83. The molecule has 0 spiro atoms. The molecule has 1 aromatic heterocycles. The molecule has 2 aromatic rings. The van der Waals surface area contributed by atoms with E-state index in [0.29, 0.717) is 24.1 Å². The minimum Gasteiger partial charge on any atom is -0.497 e. The number of rotatable bonds is 6. The van der Waals surface area contributed by atoms with Crippen molar-refractivity contribution in [3.05, 3.63) is 46.4 Å². The summed E-state index contributed by atoms with van der Waals surface area (Å²) in [4.78, 5) is 18.7. The van der Waals surface area contributed by atoms with E-state index in [1.165, 1.54) is 16.9 Å². The fourth-order valence-corrected chi connectivity index (χ4v) is 4.62. The van der Waals surface area contributed by atoms with Crippen LogP contribution in [0.25, 0.3) is 0 Å². The third-order valence-electron chi connectivity index (χ3n) is 5.56. The van der Waals surface area contributed by atoms with E-state index in [1.807, 2.05) is 12.1 Å². The van der Waals surface area contributed by atoms with E-state index >= 15 is 0 Å². The van der Waals surface area contributed by atoms with E-state index < -0.39 is 0 Å². The van der Waals surface area contributed by atoms with Crippen molar-refractivity contribution in [1.82, 2.24) is 15.2 Å². The van der Waals surface area contributed by atoms with Crippen LogP contribution in [0, 0.1) is 11.8 Å². The van der Waals surface area contributed by atoms with Gasteiger partial charge in [0.2, 0.25) is 0 Å². The number of fused-ring (bicyclic) bond motifs is 1. The van der Waals surface area contributed by atoms with Crippen LogP contribution < -0.4 is 10.1 Å². The van der Waals surface area contributed by atoms with E-state index in [-0.39, 0.29) is 12.0 Å². The maximum absolute atomic E-state index is 12.1. The molecule has 0 saturated carbocycles. The number of ether oxygens (including phenoxy) is 2. The molecule has 2 aliphatic heterocycles. The predicted molar refractivity (Wildman–Crippen MR) is 104 cm³/mol. The van der Waals surface area contributed by atoms with Crippen LogP contribution in [0.2, 0.25) is 0 Å². The van der Waals surface area contributed by atoms with Gasteiger partial charge in [0.15, 0.2) is 0 Å². The highest BCUT2D eigenvalue weighted by Crippen LogP contribution is 2.34. The molecular formula is C20H25N3O3S. The number of nitrogens with one attached hydrogen (secondary N) is 1. The Labute approximate surface area is 163 Å². The second kappa shape index (κ2) is 8.37. The highest BCUT2D eigenvalue weighted by atomic mass is 32.1.